The minimum atomic E-state index is -1.69. The molecule has 14 atom stereocenters. The molecule has 0 amide bonds. The van der Waals surface area contributed by atoms with Crippen molar-refractivity contribution in [2.45, 2.75) is 93.0 Å². The molecule has 0 aromatic rings. The summed E-state index contributed by atoms with van der Waals surface area (Å²) in [5.41, 5.74) is 5.87. The Morgan fingerprint density at radius 1 is 0.774 bits per heavy atom. The molecule has 182 valence electrons. The minimum absolute atomic E-state index is 0.166. The van der Waals surface area contributed by atoms with Gasteiger partial charge in [0.1, 0.15) is 42.7 Å². The van der Waals surface area contributed by atoms with E-state index >= 15 is 0 Å². The smallest absolute Gasteiger partial charge is 0.187 e. The van der Waals surface area contributed by atoms with Gasteiger partial charge in [-0.1, -0.05) is 0 Å². The van der Waals surface area contributed by atoms with Crippen molar-refractivity contribution >= 4 is 0 Å². The zero-order chi connectivity index (χ0) is 23.0. The maximum Gasteiger partial charge on any atom is 0.187 e. The second-order valence-corrected chi connectivity index (χ2v) is 8.40. The van der Waals surface area contributed by atoms with Crippen LogP contribution >= 0.6 is 0 Å². The Kier molecular flexibility index (Phi) is 8.24. The number of rotatable bonds is 6. The summed E-state index contributed by atoms with van der Waals surface area (Å²) in [6.07, 6.45) is -16.3. The number of aliphatic hydroxyl groups excluding tert-OH is 8. The molecule has 13 heteroatoms. The van der Waals surface area contributed by atoms with Gasteiger partial charge in [0.2, 0.25) is 0 Å². The quantitative estimate of drug-likeness (QED) is 0.183. The van der Waals surface area contributed by atoms with E-state index in [0.717, 1.165) is 0 Å². The lowest BCUT2D eigenvalue weighted by molar-refractivity contribution is -0.362. The molecule has 2 aliphatic heterocycles. The first-order valence-electron chi connectivity index (χ1n) is 10.3. The molecule has 31 heavy (non-hydrogen) atoms. The van der Waals surface area contributed by atoms with Crippen molar-refractivity contribution in [3.05, 3.63) is 0 Å². The summed E-state index contributed by atoms with van der Waals surface area (Å²) < 4.78 is 22.0. The minimum Gasteiger partial charge on any atom is -0.396 e. The Hall–Kier alpha value is -0.520. The van der Waals surface area contributed by atoms with Crippen LogP contribution in [0, 0.1) is 5.92 Å². The molecule has 1 aliphatic carbocycles. The van der Waals surface area contributed by atoms with Crippen molar-refractivity contribution in [3.63, 3.8) is 0 Å². The van der Waals surface area contributed by atoms with Crippen LogP contribution in [-0.2, 0) is 18.9 Å². The van der Waals surface area contributed by atoms with Crippen LogP contribution in [0.1, 0.15) is 13.3 Å². The van der Waals surface area contributed by atoms with E-state index in [1.807, 2.05) is 0 Å². The maximum atomic E-state index is 10.6. The first kappa shape index (κ1) is 25.1. The predicted molar refractivity (Wildman–Crippen MR) is 99.0 cm³/mol. The van der Waals surface area contributed by atoms with E-state index in [0.29, 0.717) is 0 Å². The zero-order valence-corrected chi connectivity index (χ0v) is 17.0. The fraction of sp³-hybridized carbons (Fsp3) is 1.00. The van der Waals surface area contributed by atoms with Crippen molar-refractivity contribution in [2.24, 2.45) is 11.7 Å². The van der Waals surface area contributed by atoms with E-state index in [4.69, 9.17) is 24.7 Å². The topological polar surface area (TPSA) is 225 Å². The molecule has 13 nitrogen and oxygen atoms in total. The predicted octanol–water partition coefficient (Wildman–Crippen LogP) is -5.28. The molecule has 0 radical (unpaired) electrons. The van der Waals surface area contributed by atoms with Gasteiger partial charge in [-0.2, -0.15) is 0 Å². The Morgan fingerprint density at radius 3 is 1.97 bits per heavy atom. The second-order valence-electron chi connectivity index (χ2n) is 8.40. The Balaban J connectivity index is 1.69. The van der Waals surface area contributed by atoms with Crippen LogP contribution in [-0.4, -0.2) is 134 Å². The van der Waals surface area contributed by atoms with E-state index in [2.05, 4.69) is 0 Å². The highest BCUT2D eigenvalue weighted by atomic mass is 16.7. The van der Waals surface area contributed by atoms with E-state index < -0.39 is 92.2 Å². The first-order chi connectivity index (χ1) is 14.6. The van der Waals surface area contributed by atoms with Crippen molar-refractivity contribution in [3.8, 4) is 0 Å². The molecular weight excluding hydrogens is 422 g/mol. The fourth-order valence-corrected chi connectivity index (χ4v) is 4.32. The highest BCUT2D eigenvalue weighted by molar-refractivity contribution is 4.97. The van der Waals surface area contributed by atoms with Crippen molar-refractivity contribution in [1.29, 1.82) is 0 Å². The summed E-state index contributed by atoms with van der Waals surface area (Å²) in [4.78, 5) is 0. The summed E-state index contributed by atoms with van der Waals surface area (Å²) in [7, 11) is 0. The fourth-order valence-electron chi connectivity index (χ4n) is 4.32. The molecule has 10 N–H and O–H groups in total. The van der Waals surface area contributed by atoms with Gasteiger partial charge in [0, 0.05) is 18.6 Å². The molecule has 2 saturated heterocycles. The third kappa shape index (κ3) is 4.89. The average Bonchev–Trinajstić information content (AvgIpc) is 3.01. The molecule has 0 unspecified atom stereocenters. The second kappa shape index (κ2) is 10.2. The van der Waals surface area contributed by atoms with Crippen LogP contribution in [0.5, 0.6) is 0 Å². The third-order valence-corrected chi connectivity index (χ3v) is 6.29. The van der Waals surface area contributed by atoms with Crippen LogP contribution < -0.4 is 5.73 Å². The standard InChI is InChI=1S/C18H33NO12/c1-5-10(23)11(24)13(26)17(28-5)31-16-9(4-21)29-18(14(27)12(16)25)30-15-6(3-20)7(19)2-8(15)22/h5-18,20-27H,2-4,19H2,1H3/t5-,6-,7+,8-,9-,10-,11+,12-,13-,14-,15-,16-,17+,18-/m1/s1. The summed E-state index contributed by atoms with van der Waals surface area (Å²) in [5.74, 6) is -0.621. The van der Waals surface area contributed by atoms with Gasteiger partial charge in [0.05, 0.1) is 24.9 Å². The maximum absolute atomic E-state index is 10.6. The van der Waals surface area contributed by atoms with Gasteiger partial charge < -0.3 is 65.5 Å². The third-order valence-electron chi connectivity index (χ3n) is 6.29. The number of aliphatic hydroxyl groups is 8. The van der Waals surface area contributed by atoms with Crippen molar-refractivity contribution < 1.29 is 59.8 Å². The van der Waals surface area contributed by atoms with E-state index in [1.54, 1.807) is 0 Å². The van der Waals surface area contributed by atoms with E-state index in [9.17, 15) is 40.9 Å². The highest BCUT2D eigenvalue weighted by Crippen LogP contribution is 2.33. The molecule has 3 rings (SSSR count). The normalized spacial score (nSPS) is 53.6. The molecule has 0 spiro atoms. The van der Waals surface area contributed by atoms with E-state index in [-0.39, 0.29) is 13.0 Å². The van der Waals surface area contributed by atoms with Crippen LogP contribution in [0.25, 0.3) is 0 Å². The molecular formula is C18H33NO12. The molecule has 0 aromatic carbocycles. The van der Waals surface area contributed by atoms with Gasteiger partial charge in [-0.15, -0.1) is 0 Å². The van der Waals surface area contributed by atoms with Crippen LogP contribution in [0.3, 0.4) is 0 Å². The monoisotopic (exact) mass is 455 g/mol. The molecule has 3 aliphatic rings. The lowest BCUT2D eigenvalue weighted by Crippen LogP contribution is -2.64. The Labute approximate surface area is 178 Å². The molecule has 2 heterocycles. The largest absolute Gasteiger partial charge is 0.396 e. The number of ether oxygens (including phenoxy) is 4. The molecule has 3 fully saturated rings. The van der Waals surface area contributed by atoms with Gasteiger partial charge in [-0.05, 0) is 13.3 Å². The van der Waals surface area contributed by atoms with Crippen molar-refractivity contribution in [2.75, 3.05) is 13.2 Å². The highest BCUT2D eigenvalue weighted by Gasteiger charge is 2.52. The van der Waals surface area contributed by atoms with E-state index in [1.165, 1.54) is 6.92 Å². The first-order valence-corrected chi connectivity index (χ1v) is 10.3. The van der Waals surface area contributed by atoms with Gasteiger partial charge in [-0.3, -0.25) is 0 Å². The molecule has 0 aromatic heterocycles. The van der Waals surface area contributed by atoms with Gasteiger partial charge >= 0.3 is 0 Å². The summed E-state index contributed by atoms with van der Waals surface area (Å²) in [6, 6.07) is -0.533. The Morgan fingerprint density at radius 2 is 1.35 bits per heavy atom. The van der Waals surface area contributed by atoms with Gasteiger partial charge in [-0.25, -0.2) is 0 Å². The SMILES string of the molecule is C[C@H]1O[C@@H](O[C@H]2[C@H](O)[C@@H](O)[C@@H](O[C@@H]3[C@H](CO)[C@@H](N)C[C@H]3O)O[C@@H]2CO)[C@H](O)[C@@H](O)[C@@H]1O. The van der Waals surface area contributed by atoms with Crippen molar-refractivity contribution in [1.82, 2.24) is 0 Å². The van der Waals surface area contributed by atoms with Crippen LogP contribution in [0.2, 0.25) is 0 Å². The molecule has 0 bridgehead atoms. The lowest BCUT2D eigenvalue weighted by Gasteiger charge is -2.46. The summed E-state index contributed by atoms with van der Waals surface area (Å²) >= 11 is 0. The number of hydrogen-bond acceptors (Lipinski definition) is 13. The Bertz CT molecular complexity index is 584. The van der Waals surface area contributed by atoms with Gasteiger partial charge in [0.15, 0.2) is 12.6 Å². The molecule has 1 saturated carbocycles. The summed E-state index contributed by atoms with van der Waals surface area (Å²) in [5, 5.41) is 80.3. The lowest BCUT2D eigenvalue weighted by atomic mass is 9.97. The van der Waals surface area contributed by atoms with Crippen LogP contribution in [0.15, 0.2) is 0 Å². The average molecular weight is 455 g/mol. The number of nitrogens with two attached hydrogens (primary N) is 1. The number of hydrogen-bond donors (Lipinski definition) is 9. The summed E-state index contributed by atoms with van der Waals surface area (Å²) in [6.45, 7) is 0.405. The zero-order valence-electron chi connectivity index (χ0n) is 17.0. The van der Waals surface area contributed by atoms with Crippen LogP contribution in [0.4, 0.5) is 0 Å². The van der Waals surface area contributed by atoms with Gasteiger partial charge in [0.25, 0.3) is 0 Å².